The van der Waals surface area contributed by atoms with Gasteiger partial charge >= 0.3 is 0 Å². The lowest BCUT2D eigenvalue weighted by Gasteiger charge is -2.36. The molecule has 0 aliphatic carbocycles. The lowest BCUT2D eigenvalue weighted by Crippen LogP contribution is -2.49. The number of piperazine rings is 1. The molecule has 128 valence electrons. The summed E-state index contributed by atoms with van der Waals surface area (Å²) < 4.78 is 18.6. The van der Waals surface area contributed by atoms with Crippen molar-refractivity contribution in [3.63, 3.8) is 0 Å². The first-order valence-corrected chi connectivity index (χ1v) is 8.20. The minimum atomic E-state index is -0.392. The molecule has 0 bridgehead atoms. The number of aryl methyl sites for hydroxylation is 1. The van der Waals surface area contributed by atoms with Gasteiger partial charge < -0.3 is 9.42 Å². The molecule has 0 N–H and O–H groups in total. The van der Waals surface area contributed by atoms with E-state index in [2.05, 4.69) is 15.0 Å². The predicted molar refractivity (Wildman–Crippen MR) is 86.0 cm³/mol. The molecule has 0 radical (unpaired) electrons. The SMILES string of the molecule is CCc1noc([C@@H](C)N2CCN(C(=O)c3cccc(F)c3)CC2)n1. The van der Waals surface area contributed by atoms with Crippen molar-refractivity contribution in [2.45, 2.75) is 26.3 Å². The number of amides is 1. The molecule has 7 heteroatoms. The Kier molecular flexibility index (Phi) is 4.89. The third kappa shape index (κ3) is 3.46. The Balaban J connectivity index is 1.60. The van der Waals surface area contributed by atoms with Crippen LogP contribution in [-0.4, -0.2) is 52.0 Å². The molecule has 1 aliphatic rings. The molecule has 0 unspecified atom stereocenters. The molecular weight excluding hydrogens is 311 g/mol. The largest absolute Gasteiger partial charge is 0.338 e. The van der Waals surface area contributed by atoms with Gasteiger partial charge in [-0.15, -0.1) is 0 Å². The number of halogens is 1. The van der Waals surface area contributed by atoms with Gasteiger partial charge in [-0.1, -0.05) is 18.1 Å². The summed E-state index contributed by atoms with van der Waals surface area (Å²) in [7, 11) is 0. The van der Waals surface area contributed by atoms with Crippen LogP contribution in [-0.2, 0) is 6.42 Å². The Labute approximate surface area is 140 Å². The molecule has 6 nitrogen and oxygen atoms in total. The van der Waals surface area contributed by atoms with Gasteiger partial charge in [0.05, 0.1) is 6.04 Å². The van der Waals surface area contributed by atoms with Crippen LogP contribution in [0.1, 0.15) is 42.0 Å². The standard InChI is InChI=1S/C17H21FN4O2/c1-3-15-19-16(24-20-15)12(2)21-7-9-22(10-8-21)17(23)13-5-4-6-14(18)11-13/h4-6,11-12H,3,7-10H2,1-2H3/t12-/m1/s1. The normalized spacial score (nSPS) is 17.0. The van der Waals surface area contributed by atoms with Crippen LogP contribution in [0.3, 0.4) is 0 Å². The molecule has 24 heavy (non-hydrogen) atoms. The summed E-state index contributed by atoms with van der Waals surface area (Å²) in [4.78, 5) is 20.8. The summed E-state index contributed by atoms with van der Waals surface area (Å²) in [5, 5.41) is 3.93. The van der Waals surface area contributed by atoms with E-state index in [0.29, 0.717) is 43.5 Å². The lowest BCUT2D eigenvalue weighted by molar-refractivity contribution is 0.0551. The molecule has 0 spiro atoms. The van der Waals surface area contributed by atoms with Gasteiger partial charge in [0, 0.05) is 38.2 Å². The van der Waals surface area contributed by atoms with Crippen LogP contribution >= 0.6 is 0 Å². The molecule has 1 saturated heterocycles. The van der Waals surface area contributed by atoms with E-state index in [1.165, 1.54) is 12.1 Å². The van der Waals surface area contributed by atoms with E-state index >= 15 is 0 Å². The number of carbonyl (C=O) groups is 1. The molecular formula is C17H21FN4O2. The molecule has 1 aromatic carbocycles. The highest BCUT2D eigenvalue weighted by Crippen LogP contribution is 2.21. The van der Waals surface area contributed by atoms with Gasteiger partial charge in [-0.2, -0.15) is 4.98 Å². The van der Waals surface area contributed by atoms with Crippen LogP contribution in [0.15, 0.2) is 28.8 Å². The van der Waals surface area contributed by atoms with Gasteiger partial charge in [0.1, 0.15) is 5.82 Å². The highest BCUT2D eigenvalue weighted by Gasteiger charge is 2.28. The third-order valence-corrected chi connectivity index (χ3v) is 4.38. The molecule has 2 aromatic rings. The summed E-state index contributed by atoms with van der Waals surface area (Å²) in [5.41, 5.74) is 0.390. The van der Waals surface area contributed by atoms with Crippen LogP contribution < -0.4 is 0 Å². The zero-order chi connectivity index (χ0) is 17.1. The highest BCUT2D eigenvalue weighted by molar-refractivity contribution is 5.94. The van der Waals surface area contributed by atoms with Crippen LogP contribution in [0.4, 0.5) is 4.39 Å². The first-order chi connectivity index (χ1) is 11.6. The second-order valence-electron chi connectivity index (χ2n) is 5.92. The second kappa shape index (κ2) is 7.09. The highest BCUT2D eigenvalue weighted by atomic mass is 19.1. The molecule has 2 heterocycles. The number of nitrogens with zero attached hydrogens (tertiary/aromatic N) is 4. The topological polar surface area (TPSA) is 62.5 Å². The van der Waals surface area contributed by atoms with Gasteiger partial charge in [0.25, 0.3) is 5.91 Å². The molecule has 1 amide bonds. The average molecular weight is 332 g/mol. The number of hydrogen-bond acceptors (Lipinski definition) is 5. The molecule has 1 aliphatic heterocycles. The van der Waals surface area contributed by atoms with E-state index in [0.717, 1.165) is 6.42 Å². The monoisotopic (exact) mass is 332 g/mol. The van der Waals surface area contributed by atoms with Crippen molar-refractivity contribution in [1.29, 1.82) is 0 Å². The summed E-state index contributed by atoms with van der Waals surface area (Å²) in [6.45, 7) is 6.62. The third-order valence-electron chi connectivity index (χ3n) is 4.38. The number of rotatable bonds is 4. The summed E-state index contributed by atoms with van der Waals surface area (Å²) in [6, 6.07) is 5.84. The Morgan fingerprint density at radius 3 is 2.71 bits per heavy atom. The maximum absolute atomic E-state index is 13.3. The Hall–Kier alpha value is -2.28. The zero-order valence-corrected chi connectivity index (χ0v) is 13.9. The van der Waals surface area contributed by atoms with Gasteiger partial charge in [-0.3, -0.25) is 9.69 Å². The number of benzene rings is 1. The molecule has 3 rings (SSSR count). The lowest BCUT2D eigenvalue weighted by atomic mass is 10.1. The van der Waals surface area contributed by atoms with Crippen molar-refractivity contribution in [3.05, 3.63) is 47.4 Å². The van der Waals surface area contributed by atoms with Gasteiger partial charge in [0.2, 0.25) is 5.89 Å². The zero-order valence-electron chi connectivity index (χ0n) is 13.9. The first-order valence-electron chi connectivity index (χ1n) is 8.20. The van der Waals surface area contributed by atoms with Crippen molar-refractivity contribution in [2.24, 2.45) is 0 Å². The van der Waals surface area contributed by atoms with Crippen LogP contribution in [0.5, 0.6) is 0 Å². The minimum absolute atomic E-state index is 0.0178. The fraction of sp³-hybridized carbons (Fsp3) is 0.471. The predicted octanol–water partition coefficient (Wildman–Crippen LogP) is 2.29. The van der Waals surface area contributed by atoms with Gasteiger partial charge in [0.15, 0.2) is 5.82 Å². The van der Waals surface area contributed by atoms with E-state index in [1.54, 1.807) is 17.0 Å². The summed E-state index contributed by atoms with van der Waals surface area (Å²) in [5.74, 6) is 0.789. The molecule has 0 saturated carbocycles. The van der Waals surface area contributed by atoms with Crippen molar-refractivity contribution < 1.29 is 13.7 Å². The number of aromatic nitrogens is 2. The van der Waals surface area contributed by atoms with Crippen molar-refractivity contribution in [3.8, 4) is 0 Å². The number of carbonyl (C=O) groups excluding carboxylic acids is 1. The summed E-state index contributed by atoms with van der Waals surface area (Å²) in [6.07, 6.45) is 0.742. The van der Waals surface area contributed by atoms with E-state index in [1.807, 2.05) is 13.8 Å². The average Bonchev–Trinajstić information content (AvgIpc) is 3.10. The Morgan fingerprint density at radius 1 is 1.33 bits per heavy atom. The summed E-state index contributed by atoms with van der Waals surface area (Å²) >= 11 is 0. The van der Waals surface area contributed by atoms with Gasteiger partial charge in [-0.05, 0) is 25.1 Å². The van der Waals surface area contributed by atoms with E-state index in [9.17, 15) is 9.18 Å². The van der Waals surface area contributed by atoms with E-state index in [4.69, 9.17) is 4.52 Å². The quantitative estimate of drug-likeness (QED) is 0.860. The minimum Gasteiger partial charge on any atom is -0.338 e. The number of hydrogen-bond donors (Lipinski definition) is 0. The van der Waals surface area contributed by atoms with E-state index < -0.39 is 5.82 Å². The Morgan fingerprint density at radius 2 is 2.08 bits per heavy atom. The smallest absolute Gasteiger partial charge is 0.254 e. The maximum atomic E-state index is 13.3. The van der Waals surface area contributed by atoms with E-state index in [-0.39, 0.29) is 11.9 Å². The van der Waals surface area contributed by atoms with Crippen LogP contribution in [0.25, 0.3) is 0 Å². The second-order valence-corrected chi connectivity index (χ2v) is 5.92. The first kappa shape index (κ1) is 16.6. The van der Waals surface area contributed by atoms with Crippen molar-refractivity contribution in [2.75, 3.05) is 26.2 Å². The molecule has 1 atom stereocenters. The maximum Gasteiger partial charge on any atom is 0.254 e. The van der Waals surface area contributed by atoms with Crippen LogP contribution in [0, 0.1) is 5.82 Å². The molecule has 1 fully saturated rings. The fourth-order valence-electron chi connectivity index (χ4n) is 2.85. The van der Waals surface area contributed by atoms with Crippen molar-refractivity contribution >= 4 is 5.91 Å². The van der Waals surface area contributed by atoms with Crippen LogP contribution in [0.2, 0.25) is 0 Å². The van der Waals surface area contributed by atoms with Gasteiger partial charge in [-0.25, -0.2) is 4.39 Å². The fourth-order valence-corrected chi connectivity index (χ4v) is 2.85. The molecule has 1 aromatic heterocycles. The van der Waals surface area contributed by atoms with Crippen molar-refractivity contribution in [1.82, 2.24) is 19.9 Å². The Bertz CT molecular complexity index is 710.